The van der Waals surface area contributed by atoms with Gasteiger partial charge in [0.1, 0.15) is 11.9 Å². The summed E-state index contributed by atoms with van der Waals surface area (Å²) in [7, 11) is 0. The number of nitrogens with zero attached hydrogens (tertiary/aromatic N) is 3. The summed E-state index contributed by atoms with van der Waals surface area (Å²) in [6.45, 7) is 2.62. The Labute approximate surface area is 131 Å². The Morgan fingerprint density at radius 3 is 3.05 bits per heavy atom. The first-order chi connectivity index (χ1) is 10.1. The van der Waals surface area contributed by atoms with Crippen LogP contribution >= 0.6 is 23.8 Å². The van der Waals surface area contributed by atoms with Crippen LogP contribution in [-0.2, 0) is 0 Å². The van der Waals surface area contributed by atoms with E-state index < -0.39 is 5.56 Å². The molecule has 110 valence electrons. The van der Waals surface area contributed by atoms with Gasteiger partial charge in [-0.1, -0.05) is 18.5 Å². The fraction of sp³-hybridized carbons (Fsp3) is 0.231. The zero-order chi connectivity index (χ0) is 15.2. The van der Waals surface area contributed by atoms with Crippen molar-refractivity contribution in [3.05, 3.63) is 50.1 Å². The number of rotatable bonds is 5. The summed E-state index contributed by atoms with van der Waals surface area (Å²) in [6.07, 6.45) is 3.49. The van der Waals surface area contributed by atoms with E-state index in [0.29, 0.717) is 17.4 Å². The highest BCUT2D eigenvalue weighted by molar-refractivity contribution is 7.71. The van der Waals surface area contributed by atoms with E-state index in [1.807, 2.05) is 6.92 Å². The SMILES string of the molecule is CCCOc1ccc(/C=N\n2c(=O)cn[nH]c2=S)cc1Cl. The fourth-order valence-corrected chi connectivity index (χ4v) is 1.94. The molecule has 1 aromatic carbocycles. The average Bonchev–Trinajstić information content (AvgIpc) is 2.46. The summed E-state index contributed by atoms with van der Waals surface area (Å²) in [6, 6.07) is 5.25. The molecule has 0 aliphatic rings. The smallest absolute Gasteiger partial charge is 0.293 e. The highest BCUT2D eigenvalue weighted by atomic mass is 35.5. The molecule has 0 saturated carbocycles. The fourth-order valence-electron chi connectivity index (χ4n) is 1.51. The third-order valence-electron chi connectivity index (χ3n) is 2.48. The standard InChI is InChI=1S/C13H13ClN4O2S/c1-2-5-20-11-4-3-9(6-10(11)14)7-16-18-12(19)8-15-17-13(18)21/h3-4,6-8H,2,5H2,1H3,(H,17,21)/b16-7-. The number of aromatic amines is 1. The van der Waals surface area contributed by atoms with Gasteiger partial charge < -0.3 is 4.74 Å². The second-order valence-electron chi connectivity index (χ2n) is 4.11. The van der Waals surface area contributed by atoms with Crippen molar-refractivity contribution in [3.63, 3.8) is 0 Å². The summed E-state index contributed by atoms with van der Waals surface area (Å²) in [5, 5.41) is 10.6. The lowest BCUT2D eigenvalue weighted by Crippen LogP contribution is -2.18. The van der Waals surface area contributed by atoms with Crippen LogP contribution in [0.1, 0.15) is 18.9 Å². The first-order valence-electron chi connectivity index (χ1n) is 6.25. The van der Waals surface area contributed by atoms with Crippen LogP contribution in [0.2, 0.25) is 5.02 Å². The first kappa shape index (κ1) is 15.4. The van der Waals surface area contributed by atoms with Crippen LogP contribution in [0.25, 0.3) is 0 Å². The zero-order valence-corrected chi connectivity index (χ0v) is 12.8. The third kappa shape index (κ3) is 3.99. The number of H-pyrrole nitrogens is 1. The van der Waals surface area contributed by atoms with Gasteiger partial charge in [0.25, 0.3) is 5.56 Å². The second kappa shape index (κ2) is 7.14. The Hall–Kier alpha value is -1.99. The number of hydrogen-bond donors (Lipinski definition) is 1. The summed E-state index contributed by atoms with van der Waals surface area (Å²) in [5.74, 6) is 0.619. The Balaban J connectivity index is 2.24. The van der Waals surface area contributed by atoms with Crippen molar-refractivity contribution in [3.8, 4) is 5.75 Å². The van der Waals surface area contributed by atoms with Crippen LogP contribution in [0.15, 0.2) is 34.3 Å². The zero-order valence-electron chi connectivity index (χ0n) is 11.2. The van der Waals surface area contributed by atoms with Gasteiger partial charge in [0.2, 0.25) is 4.77 Å². The lowest BCUT2D eigenvalue weighted by molar-refractivity contribution is 0.317. The number of benzene rings is 1. The average molecular weight is 325 g/mol. The molecule has 8 heteroatoms. The molecular weight excluding hydrogens is 312 g/mol. The predicted molar refractivity (Wildman–Crippen MR) is 83.9 cm³/mol. The monoisotopic (exact) mass is 324 g/mol. The third-order valence-corrected chi connectivity index (χ3v) is 3.04. The molecule has 0 atom stereocenters. The summed E-state index contributed by atoms with van der Waals surface area (Å²) < 4.78 is 6.64. The van der Waals surface area contributed by atoms with Crippen molar-refractivity contribution < 1.29 is 4.74 Å². The maximum atomic E-state index is 11.6. The minimum atomic E-state index is -0.413. The summed E-state index contributed by atoms with van der Waals surface area (Å²) in [5.41, 5.74) is 0.311. The Morgan fingerprint density at radius 1 is 1.57 bits per heavy atom. The lowest BCUT2D eigenvalue weighted by atomic mass is 10.2. The van der Waals surface area contributed by atoms with Gasteiger partial charge in [0.05, 0.1) is 17.8 Å². The highest BCUT2D eigenvalue weighted by Gasteiger charge is 2.02. The Kier molecular flexibility index (Phi) is 5.24. The van der Waals surface area contributed by atoms with Crippen molar-refractivity contribution in [2.45, 2.75) is 13.3 Å². The molecule has 0 aliphatic carbocycles. The van der Waals surface area contributed by atoms with E-state index in [-0.39, 0.29) is 4.77 Å². The molecule has 0 bridgehead atoms. The number of halogens is 1. The first-order valence-corrected chi connectivity index (χ1v) is 7.04. The maximum Gasteiger partial charge on any atom is 0.293 e. The van der Waals surface area contributed by atoms with Gasteiger partial charge in [-0.2, -0.15) is 14.9 Å². The van der Waals surface area contributed by atoms with Crippen LogP contribution in [0.3, 0.4) is 0 Å². The molecule has 1 aromatic heterocycles. The van der Waals surface area contributed by atoms with E-state index in [4.69, 9.17) is 28.6 Å². The van der Waals surface area contributed by atoms with Crippen LogP contribution in [0, 0.1) is 4.77 Å². The van der Waals surface area contributed by atoms with Gasteiger partial charge in [0.15, 0.2) is 0 Å². The molecule has 1 heterocycles. The van der Waals surface area contributed by atoms with Gasteiger partial charge in [-0.05, 0) is 42.4 Å². The number of hydrogen-bond acceptors (Lipinski definition) is 5. The van der Waals surface area contributed by atoms with Gasteiger partial charge in [-0.25, -0.2) is 0 Å². The van der Waals surface area contributed by atoms with Gasteiger partial charge in [-0.3, -0.25) is 9.89 Å². The molecule has 0 radical (unpaired) electrons. The Bertz CT molecular complexity index is 741. The van der Waals surface area contributed by atoms with Crippen molar-refractivity contribution in [2.24, 2.45) is 5.10 Å². The van der Waals surface area contributed by atoms with Crippen LogP contribution in [-0.4, -0.2) is 27.7 Å². The predicted octanol–water partition coefficient (Wildman–Crippen LogP) is 2.63. The van der Waals surface area contributed by atoms with E-state index in [2.05, 4.69) is 15.3 Å². The molecule has 0 fully saturated rings. The minimum absolute atomic E-state index is 0.118. The van der Waals surface area contributed by atoms with Crippen LogP contribution < -0.4 is 10.3 Å². The molecule has 2 rings (SSSR count). The van der Waals surface area contributed by atoms with Crippen molar-refractivity contribution >= 4 is 30.0 Å². The molecule has 0 unspecified atom stereocenters. The van der Waals surface area contributed by atoms with Crippen molar-refractivity contribution in [1.29, 1.82) is 0 Å². The molecule has 0 spiro atoms. The van der Waals surface area contributed by atoms with Crippen molar-refractivity contribution in [2.75, 3.05) is 6.61 Å². The molecule has 0 amide bonds. The van der Waals surface area contributed by atoms with E-state index >= 15 is 0 Å². The van der Waals surface area contributed by atoms with Crippen LogP contribution in [0.5, 0.6) is 5.75 Å². The van der Waals surface area contributed by atoms with Crippen molar-refractivity contribution in [1.82, 2.24) is 14.9 Å². The largest absolute Gasteiger partial charge is 0.492 e. The topological polar surface area (TPSA) is 72.3 Å². The van der Waals surface area contributed by atoms with Gasteiger partial charge in [-0.15, -0.1) is 0 Å². The molecular formula is C13H13ClN4O2S. The molecule has 2 aromatic rings. The Morgan fingerprint density at radius 2 is 2.38 bits per heavy atom. The molecule has 1 N–H and O–H groups in total. The van der Waals surface area contributed by atoms with E-state index in [0.717, 1.165) is 22.9 Å². The molecule has 0 saturated heterocycles. The molecule has 6 nitrogen and oxygen atoms in total. The van der Waals surface area contributed by atoms with Crippen LogP contribution in [0.4, 0.5) is 0 Å². The minimum Gasteiger partial charge on any atom is -0.492 e. The number of ether oxygens (including phenoxy) is 1. The van der Waals surface area contributed by atoms with E-state index in [9.17, 15) is 4.79 Å². The highest BCUT2D eigenvalue weighted by Crippen LogP contribution is 2.25. The molecule has 21 heavy (non-hydrogen) atoms. The number of aromatic nitrogens is 3. The van der Waals surface area contributed by atoms with E-state index in [1.165, 1.54) is 6.21 Å². The summed E-state index contributed by atoms with van der Waals surface area (Å²) >= 11 is 11.1. The summed E-state index contributed by atoms with van der Waals surface area (Å²) in [4.78, 5) is 11.6. The van der Waals surface area contributed by atoms with Gasteiger partial charge >= 0.3 is 0 Å². The lowest BCUT2D eigenvalue weighted by Gasteiger charge is -2.06. The quantitative estimate of drug-likeness (QED) is 0.678. The van der Waals surface area contributed by atoms with Gasteiger partial charge in [0, 0.05) is 0 Å². The van der Waals surface area contributed by atoms with E-state index in [1.54, 1.807) is 18.2 Å². The molecule has 0 aliphatic heterocycles. The normalized spacial score (nSPS) is 11.0. The second-order valence-corrected chi connectivity index (χ2v) is 4.90. The maximum absolute atomic E-state index is 11.6. The number of nitrogens with one attached hydrogen (secondary N) is 1.